The molecular weight excluding hydrogens is 366 g/mol. The highest BCUT2D eigenvalue weighted by molar-refractivity contribution is 5.89. The van der Waals surface area contributed by atoms with Crippen molar-refractivity contribution < 1.29 is 4.79 Å². The standard InChI is InChI=1S/C22H31N5O2/c1-16-10-17(2)13-26(12-16)14-18(3)24-21(28)25-20-7-4-6-19(11-20)15-27-9-5-8-23-22(27)29/h4-9,11,16-18H,10,12-15H2,1-3H3,(H2,24,25,28). The highest BCUT2D eigenvalue weighted by atomic mass is 16.2. The fourth-order valence-corrected chi connectivity index (χ4v) is 4.22. The number of hydrogen-bond acceptors (Lipinski definition) is 4. The quantitative estimate of drug-likeness (QED) is 0.786. The lowest BCUT2D eigenvalue weighted by Gasteiger charge is -2.36. The molecule has 2 heterocycles. The molecule has 7 nitrogen and oxygen atoms in total. The summed E-state index contributed by atoms with van der Waals surface area (Å²) >= 11 is 0. The third-order valence-electron chi connectivity index (χ3n) is 5.17. The molecule has 1 aliphatic rings. The minimum Gasteiger partial charge on any atom is -0.334 e. The molecule has 2 amide bonds. The summed E-state index contributed by atoms with van der Waals surface area (Å²) in [5.41, 5.74) is 1.32. The number of carbonyl (C=O) groups is 1. The van der Waals surface area contributed by atoms with Gasteiger partial charge in [-0.15, -0.1) is 0 Å². The monoisotopic (exact) mass is 397 g/mol. The predicted octanol–water partition coefficient (Wildman–Crippen LogP) is 2.78. The summed E-state index contributed by atoms with van der Waals surface area (Å²) in [5, 5.41) is 5.92. The van der Waals surface area contributed by atoms with Crippen molar-refractivity contribution in [2.45, 2.75) is 39.8 Å². The van der Waals surface area contributed by atoms with Crippen molar-refractivity contribution in [1.82, 2.24) is 19.8 Å². The van der Waals surface area contributed by atoms with Crippen molar-refractivity contribution in [3.05, 3.63) is 58.8 Å². The van der Waals surface area contributed by atoms with Crippen molar-refractivity contribution in [3.63, 3.8) is 0 Å². The number of amides is 2. The van der Waals surface area contributed by atoms with Crippen LogP contribution in [0.3, 0.4) is 0 Å². The number of rotatable bonds is 6. The number of aromatic nitrogens is 2. The normalized spacial score (nSPS) is 20.8. The molecule has 1 aliphatic heterocycles. The van der Waals surface area contributed by atoms with Gasteiger partial charge in [0.15, 0.2) is 0 Å². The molecule has 0 aliphatic carbocycles. The number of likely N-dealkylation sites (tertiary alicyclic amines) is 1. The number of anilines is 1. The summed E-state index contributed by atoms with van der Waals surface area (Å²) in [6.45, 7) is 10.1. The molecule has 3 unspecified atom stereocenters. The Kier molecular flexibility index (Phi) is 7.04. The maximum atomic E-state index is 12.4. The number of nitrogens with one attached hydrogen (secondary N) is 2. The van der Waals surface area contributed by atoms with E-state index in [0.29, 0.717) is 24.1 Å². The van der Waals surface area contributed by atoms with E-state index in [9.17, 15) is 9.59 Å². The first-order valence-electron chi connectivity index (χ1n) is 10.3. The van der Waals surface area contributed by atoms with E-state index in [-0.39, 0.29) is 17.8 Å². The van der Waals surface area contributed by atoms with Crippen LogP contribution in [0.15, 0.2) is 47.5 Å². The Balaban J connectivity index is 1.52. The largest absolute Gasteiger partial charge is 0.347 e. The lowest BCUT2D eigenvalue weighted by Crippen LogP contribution is -2.47. The fraction of sp³-hybridized carbons (Fsp3) is 0.500. The van der Waals surface area contributed by atoms with E-state index in [0.717, 1.165) is 25.2 Å². The first kappa shape index (κ1) is 21.0. The SMILES string of the molecule is CC1CC(C)CN(CC(C)NC(=O)Nc2cccc(Cn3cccnc3=O)c2)C1. The summed E-state index contributed by atoms with van der Waals surface area (Å²) in [7, 11) is 0. The second-order valence-corrected chi connectivity index (χ2v) is 8.39. The maximum absolute atomic E-state index is 12.4. The molecule has 1 saturated heterocycles. The lowest BCUT2D eigenvalue weighted by atomic mass is 9.92. The summed E-state index contributed by atoms with van der Waals surface area (Å²) in [5.74, 6) is 1.41. The van der Waals surface area contributed by atoms with Crippen LogP contribution in [0, 0.1) is 11.8 Å². The van der Waals surface area contributed by atoms with Crippen LogP contribution in [0.1, 0.15) is 32.8 Å². The van der Waals surface area contributed by atoms with Crippen molar-refractivity contribution in [2.75, 3.05) is 25.0 Å². The minimum absolute atomic E-state index is 0.0599. The van der Waals surface area contributed by atoms with Gasteiger partial charge in [-0.3, -0.25) is 4.57 Å². The second-order valence-electron chi connectivity index (χ2n) is 8.39. The Morgan fingerprint density at radius 3 is 2.72 bits per heavy atom. The van der Waals surface area contributed by atoms with E-state index < -0.39 is 0 Å². The van der Waals surface area contributed by atoms with Crippen molar-refractivity contribution in [1.29, 1.82) is 0 Å². The van der Waals surface area contributed by atoms with Crippen LogP contribution in [0.25, 0.3) is 0 Å². The topological polar surface area (TPSA) is 79.3 Å². The van der Waals surface area contributed by atoms with Gasteiger partial charge in [-0.05, 0) is 48.9 Å². The molecule has 3 rings (SSSR count). The van der Waals surface area contributed by atoms with Gasteiger partial charge in [0.25, 0.3) is 0 Å². The van der Waals surface area contributed by atoms with Gasteiger partial charge >= 0.3 is 11.7 Å². The number of carbonyl (C=O) groups excluding carboxylic acids is 1. The lowest BCUT2D eigenvalue weighted by molar-refractivity contribution is 0.132. The average Bonchev–Trinajstić information content (AvgIpc) is 2.62. The van der Waals surface area contributed by atoms with Crippen LogP contribution >= 0.6 is 0 Å². The molecule has 2 N–H and O–H groups in total. The summed E-state index contributed by atoms with van der Waals surface area (Å²) < 4.78 is 1.53. The molecule has 29 heavy (non-hydrogen) atoms. The third kappa shape index (κ3) is 6.42. The maximum Gasteiger partial charge on any atom is 0.347 e. The van der Waals surface area contributed by atoms with Crippen LogP contribution < -0.4 is 16.3 Å². The number of piperidine rings is 1. The molecule has 3 atom stereocenters. The van der Waals surface area contributed by atoms with Gasteiger partial charge in [-0.25, -0.2) is 14.6 Å². The van der Waals surface area contributed by atoms with E-state index in [1.54, 1.807) is 12.3 Å². The van der Waals surface area contributed by atoms with Gasteiger partial charge < -0.3 is 15.5 Å². The van der Waals surface area contributed by atoms with Crippen molar-refractivity contribution >= 4 is 11.7 Å². The molecule has 0 saturated carbocycles. The van der Waals surface area contributed by atoms with Gasteiger partial charge in [0.05, 0.1) is 6.54 Å². The molecule has 1 fully saturated rings. The van der Waals surface area contributed by atoms with Gasteiger partial charge in [0.2, 0.25) is 0 Å². The number of nitrogens with zero attached hydrogens (tertiary/aromatic N) is 3. The Labute approximate surface area is 172 Å². The zero-order valence-corrected chi connectivity index (χ0v) is 17.5. The summed E-state index contributed by atoms with van der Waals surface area (Å²) in [6, 6.07) is 9.07. The molecular formula is C22H31N5O2. The molecule has 2 aromatic rings. The molecule has 1 aromatic carbocycles. The third-order valence-corrected chi connectivity index (χ3v) is 5.17. The van der Waals surface area contributed by atoms with E-state index in [1.165, 1.54) is 17.2 Å². The van der Waals surface area contributed by atoms with Crippen LogP contribution in [0.5, 0.6) is 0 Å². The van der Waals surface area contributed by atoms with Gasteiger partial charge in [0, 0.05) is 43.8 Å². The van der Waals surface area contributed by atoms with Crippen LogP contribution in [-0.4, -0.2) is 46.2 Å². The van der Waals surface area contributed by atoms with Gasteiger partial charge in [-0.2, -0.15) is 0 Å². The van der Waals surface area contributed by atoms with Crippen LogP contribution in [-0.2, 0) is 6.54 Å². The second kappa shape index (κ2) is 9.69. The predicted molar refractivity (Wildman–Crippen MR) is 115 cm³/mol. The number of benzene rings is 1. The summed E-state index contributed by atoms with van der Waals surface area (Å²) in [4.78, 5) is 30.4. The zero-order valence-electron chi connectivity index (χ0n) is 17.5. The van der Waals surface area contributed by atoms with Crippen molar-refractivity contribution in [2.24, 2.45) is 11.8 Å². The van der Waals surface area contributed by atoms with E-state index >= 15 is 0 Å². The molecule has 1 aromatic heterocycles. The van der Waals surface area contributed by atoms with E-state index in [1.807, 2.05) is 31.2 Å². The highest BCUT2D eigenvalue weighted by Crippen LogP contribution is 2.20. The molecule has 0 spiro atoms. The Hall–Kier alpha value is -2.67. The van der Waals surface area contributed by atoms with Crippen LogP contribution in [0.2, 0.25) is 0 Å². The Morgan fingerprint density at radius 2 is 2.00 bits per heavy atom. The smallest absolute Gasteiger partial charge is 0.334 e. The Bertz CT molecular complexity index is 871. The molecule has 0 bridgehead atoms. The minimum atomic E-state index is -0.293. The van der Waals surface area contributed by atoms with E-state index in [2.05, 4.69) is 34.4 Å². The number of hydrogen-bond donors (Lipinski definition) is 2. The van der Waals surface area contributed by atoms with Gasteiger partial charge in [-0.1, -0.05) is 26.0 Å². The molecule has 0 radical (unpaired) electrons. The van der Waals surface area contributed by atoms with Gasteiger partial charge in [0.1, 0.15) is 0 Å². The number of urea groups is 1. The van der Waals surface area contributed by atoms with Crippen molar-refractivity contribution in [3.8, 4) is 0 Å². The highest BCUT2D eigenvalue weighted by Gasteiger charge is 2.23. The van der Waals surface area contributed by atoms with Crippen LogP contribution in [0.4, 0.5) is 10.5 Å². The van der Waals surface area contributed by atoms with E-state index in [4.69, 9.17) is 0 Å². The first-order valence-corrected chi connectivity index (χ1v) is 10.3. The first-order chi connectivity index (χ1) is 13.9. The fourth-order valence-electron chi connectivity index (χ4n) is 4.22. The molecule has 156 valence electrons. The molecule has 7 heteroatoms. The summed E-state index contributed by atoms with van der Waals surface area (Å²) in [6.07, 6.45) is 4.46. The zero-order chi connectivity index (χ0) is 20.8. The average molecular weight is 398 g/mol. The Morgan fingerprint density at radius 1 is 1.24 bits per heavy atom.